The number of benzene rings is 2. The Bertz CT molecular complexity index is 618. The zero-order valence-corrected chi connectivity index (χ0v) is 17.3. The lowest BCUT2D eigenvalue weighted by Gasteiger charge is -2.12. The third-order valence-electron chi connectivity index (χ3n) is 4.63. The molecule has 2 rings (SSSR count). The monoisotopic (exact) mass is 364 g/mol. The van der Waals surface area contributed by atoms with Crippen LogP contribution in [-0.2, 0) is 0 Å². The number of unbranched alkanes of at least 4 members (excludes halogenated alkanes) is 5. The molecule has 0 fully saturated rings. The Kier molecular flexibility index (Phi) is 9.89. The van der Waals surface area contributed by atoms with Gasteiger partial charge in [0.1, 0.15) is 5.75 Å². The molecule has 1 nitrogen and oxygen atoms in total. The molecule has 2 radical (unpaired) electrons. The minimum atomic E-state index is 0.630. The smallest absolute Gasteiger partial charge is 0.118 e. The first-order valence-electron chi connectivity index (χ1n) is 9.95. The highest BCUT2D eigenvalue weighted by atomic mass is 28.2. The normalized spacial score (nSPS) is 12.4. The fourth-order valence-corrected chi connectivity index (χ4v) is 4.41. The second-order valence-corrected chi connectivity index (χ2v) is 8.41. The van der Waals surface area contributed by atoms with E-state index in [0.717, 1.165) is 15.3 Å². The molecule has 0 aliphatic carbocycles. The lowest BCUT2D eigenvalue weighted by molar-refractivity contribution is 0.415. The van der Waals surface area contributed by atoms with Crippen LogP contribution in [0.15, 0.2) is 60.7 Å². The van der Waals surface area contributed by atoms with Crippen LogP contribution in [0.1, 0.15) is 57.4 Å². The molecule has 138 valence electrons. The molecular formula is C24H32OSi. The summed E-state index contributed by atoms with van der Waals surface area (Å²) in [5.74, 6) is 0.914. The second-order valence-electron chi connectivity index (χ2n) is 6.81. The van der Waals surface area contributed by atoms with E-state index in [4.69, 9.17) is 4.74 Å². The maximum absolute atomic E-state index is 5.24. The van der Waals surface area contributed by atoms with Crippen LogP contribution in [0.4, 0.5) is 0 Å². The van der Waals surface area contributed by atoms with E-state index < -0.39 is 0 Å². The van der Waals surface area contributed by atoms with Gasteiger partial charge in [0.05, 0.1) is 16.6 Å². The summed E-state index contributed by atoms with van der Waals surface area (Å²) in [6.45, 7) is 2.28. The van der Waals surface area contributed by atoms with Crippen molar-refractivity contribution in [2.45, 2.75) is 57.4 Å². The lowest BCUT2D eigenvalue weighted by atomic mass is 10.1. The molecule has 2 aromatic rings. The lowest BCUT2D eigenvalue weighted by Crippen LogP contribution is -2.18. The Morgan fingerprint density at radius 1 is 0.885 bits per heavy atom. The predicted molar refractivity (Wildman–Crippen MR) is 116 cm³/mol. The van der Waals surface area contributed by atoms with Gasteiger partial charge in [0.2, 0.25) is 0 Å². The summed E-state index contributed by atoms with van der Waals surface area (Å²) in [4.78, 5) is 0. The van der Waals surface area contributed by atoms with Gasteiger partial charge in [0.25, 0.3) is 0 Å². The van der Waals surface area contributed by atoms with Crippen LogP contribution < -0.4 is 9.92 Å². The van der Waals surface area contributed by atoms with Crippen molar-refractivity contribution in [1.29, 1.82) is 0 Å². The van der Waals surface area contributed by atoms with Crippen LogP contribution in [0.5, 0.6) is 5.75 Å². The van der Waals surface area contributed by atoms with Crippen molar-refractivity contribution in [2.24, 2.45) is 0 Å². The molecule has 2 heteroatoms. The molecule has 0 bridgehead atoms. The number of hydrogen-bond acceptors (Lipinski definition) is 1. The van der Waals surface area contributed by atoms with Gasteiger partial charge >= 0.3 is 0 Å². The minimum absolute atomic E-state index is 0.630. The maximum atomic E-state index is 5.24. The Morgan fingerprint density at radius 3 is 2.27 bits per heavy atom. The molecular weight excluding hydrogens is 332 g/mol. The van der Waals surface area contributed by atoms with Crippen molar-refractivity contribution in [3.8, 4) is 5.75 Å². The van der Waals surface area contributed by atoms with Gasteiger partial charge in [0, 0.05) is 0 Å². The molecule has 0 aromatic heterocycles. The summed E-state index contributed by atoms with van der Waals surface area (Å²) in [6.07, 6.45) is 14.2. The van der Waals surface area contributed by atoms with Gasteiger partial charge in [-0.3, -0.25) is 0 Å². The molecule has 26 heavy (non-hydrogen) atoms. The predicted octanol–water partition coefficient (Wildman–Crippen LogP) is 6.28. The van der Waals surface area contributed by atoms with Gasteiger partial charge in [-0.1, -0.05) is 105 Å². The van der Waals surface area contributed by atoms with E-state index in [9.17, 15) is 0 Å². The number of rotatable bonds is 12. The van der Waals surface area contributed by atoms with E-state index in [1.54, 1.807) is 7.11 Å². The van der Waals surface area contributed by atoms with Crippen LogP contribution in [-0.4, -0.2) is 16.6 Å². The molecule has 0 heterocycles. The molecule has 0 N–H and O–H groups in total. The van der Waals surface area contributed by atoms with Crippen molar-refractivity contribution in [3.05, 3.63) is 66.2 Å². The topological polar surface area (TPSA) is 9.23 Å². The highest BCUT2D eigenvalue weighted by Crippen LogP contribution is 2.20. The summed E-state index contributed by atoms with van der Waals surface area (Å²) < 4.78 is 5.24. The molecule has 0 saturated carbocycles. The van der Waals surface area contributed by atoms with E-state index in [1.807, 2.05) is 12.1 Å². The Morgan fingerprint density at radius 2 is 1.58 bits per heavy atom. The van der Waals surface area contributed by atoms with Gasteiger partial charge < -0.3 is 4.74 Å². The molecule has 0 spiro atoms. The number of methoxy groups -OCH3 is 1. The summed E-state index contributed by atoms with van der Waals surface area (Å²) >= 11 is 0. The van der Waals surface area contributed by atoms with Gasteiger partial charge in [-0.2, -0.15) is 0 Å². The first-order valence-corrected chi connectivity index (χ1v) is 11.0. The standard InChI is InChI=1S/C24H32OSi/c1-3-4-5-6-7-9-14-24(26-23-12-10-8-11-13-23)20-17-21-15-18-22(25-2)19-16-21/h8,10-13,15-20,24H,3-7,9,14H2,1-2H3/b20-17+. The largest absolute Gasteiger partial charge is 0.497 e. The SMILES string of the molecule is CCCCCCCCC(/C=C/c1ccc(OC)cc1)[Si]c1ccccc1. The molecule has 0 saturated heterocycles. The van der Waals surface area contributed by atoms with E-state index >= 15 is 0 Å². The van der Waals surface area contributed by atoms with Crippen molar-refractivity contribution >= 4 is 20.8 Å². The summed E-state index contributed by atoms with van der Waals surface area (Å²) in [6, 6.07) is 19.2. The second kappa shape index (κ2) is 12.5. The average molecular weight is 365 g/mol. The Balaban J connectivity index is 1.91. The molecule has 0 aliphatic heterocycles. The molecule has 0 aliphatic rings. The van der Waals surface area contributed by atoms with Gasteiger partial charge in [0.15, 0.2) is 0 Å². The first-order chi connectivity index (χ1) is 12.8. The van der Waals surface area contributed by atoms with Crippen molar-refractivity contribution in [1.82, 2.24) is 0 Å². The zero-order chi connectivity index (χ0) is 18.5. The fourth-order valence-electron chi connectivity index (χ4n) is 3.05. The first kappa shape index (κ1) is 20.5. The van der Waals surface area contributed by atoms with Crippen molar-refractivity contribution < 1.29 is 4.74 Å². The van der Waals surface area contributed by atoms with E-state index in [1.165, 1.54) is 55.7 Å². The van der Waals surface area contributed by atoms with Crippen LogP contribution in [0.25, 0.3) is 6.08 Å². The number of allylic oxidation sites excluding steroid dienone is 1. The summed E-state index contributed by atoms with van der Waals surface area (Å²) in [7, 11) is 2.56. The third kappa shape index (κ3) is 8.05. The van der Waals surface area contributed by atoms with Crippen LogP contribution >= 0.6 is 0 Å². The van der Waals surface area contributed by atoms with Gasteiger partial charge in [-0.15, -0.1) is 0 Å². The highest BCUT2D eigenvalue weighted by molar-refractivity contribution is 6.55. The summed E-state index contributed by atoms with van der Waals surface area (Å²) in [5, 5.41) is 1.46. The molecule has 0 amide bonds. The van der Waals surface area contributed by atoms with E-state index in [-0.39, 0.29) is 0 Å². The van der Waals surface area contributed by atoms with Crippen LogP contribution in [0.3, 0.4) is 0 Å². The third-order valence-corrected chi connectivity index (χ3v) is 6.15. The molecule has 2 aromatic carbocycles. The Labute approximate surface area is 162 Å². The number of hydrogen-bond donors (Lipinski definition) is 0. The number of ether oxygens (including phenoxy) is 1. The van der Waals surface area contributed by atoms with E-state index in [2.05, 4.69) is 61.5 Å². The van der Waals surface area contributed by atoms with Crippen LogP contribution in [0.2, 0.25) is 5.54 Å². The van der Waals surface area contributed by atoms with Crippen LogP contribution in [0, 0.1) is 0 Å². The van der Waals surface area contributed by atoms with Gasteiger partial charge in [-0.05, 0) is 29.7 Å². The quantitative estimate of drug-likeness (QED) is 0.318. The maximum Gasteiger partial charge on any atom is 0.118 e. The average Bonchev–Trinajstić information content (AvgIpc) is 2.69. The minimum Gasteiger partial charge on any atom is -0.497 e. The highest BCUT2D eigenvalue weighted by Gasteiger charge is 2.08. The molecule has 1 unspecified atom stereocenters. The van der Waals surface area contributed by atoms with Gasteiger partial charge in [-0.25, -0.2) is 0 Å². The molecule has 1 atom stereocenters. The van der Waals surface area contributed by atoms with Crippen molar-refractivity contribution in [3.63, 3.8) is 0 Å². The fraction of sp³-hybridized carbons (Fsp3) is 0.417. The van der Waals surface area contributed by atoms with E-state index in [0.29, 0.717) is 5.54 Å². The zero-order valence-electron chi connectivity index (χ0n) is 16.3. The Hall–Kier alpha value is -1.80. The van der Waals surface area contributed by atoms with Crippen molar-refractivity contribution in [2.75, 3.05) is 7.11 Å². The summed E-state index contributed by atoms with van der Waals surface area (Å²) in [5.41, 5.74) is 1.88.